The summed E-state index contributed by atoms with van der Waals surface area (Å²) in [5, 5.41) is 0. The van der Waals surface area contributed by atoms with Gasteiger partial charge in [0.15, 0.2) is 17.3 Å². The molecule has 0 fully saturated rings. The number of hydrogen-bond donors (Lipinski definition) is 1. The topological polar surface area (TPSA) is 95.2 Å². The summed E-state index contributed by atoms with van der Waals surface area (Å²) in [7, 11) is 1.22. The molecule has 0 unspecified atom stereocenters. The van der Waals surface area contributed by atoms with E-state index in [0.717, 1.165) is 0 Å². The summed E-state index contributed by atoms with van der Waals surface area (Å²) in [4.78, 5) is 29.9. The molecule has 0 saturated heterocycles. The van der Waals surface area contributed by atoms with Gasteiger partial charge in [0.05, 0.1) is 13.3 Å². The van der Waals surface area contributed by atoms with E-state index in [-0.39, 0.29) is 23.0 Å². The predicted octanol–water partition coefficient (Wildman–Crippen LogP) is 0.438. The Kier molecular flexibility index (Phi) is 3.33. The van der Waals surface area contributed by atoms with Crippen LogP contribution in [0.15, 0.2) is 6.20 Å². The Morgan fingerprint density at radius 3 is 2.67 bits per heavy atom. The van der Waals surface area contributed by atoms with E-state index >= 15 is 0 Å². The average molecular weight is 209 g/mol. The molecule has 0 aliphatic rings. The molecule has 0 saturated carbocycles. The molecule has 0 bridgehead atoms. The van der Waals surface area contributed by atoms with Crippen molar-refractivity contribution < 1.29 is 14.3 Å². The van der Waals surface area contributed by atoms with Gasteiger partial charge in [-0.05, 0) is 0 Å². The minimum Gasteiger partial charge on any atom is -0.464 e. The minimum atomic E-state index is -0.671. The van der Waals surface area contributed by atoms with Gasteiger partial charge in [0, 0.05) is 6.42 Å². The number of nitrogen functional groups attached to an aromatic ring is 1. The van der Waals surface area contributed by atoms with Crippen molar-refractivity contribution >= 4 is 17.6 Å². The van der Waals surface area contributed by atoms with Gasteiger partial charge in [-0.25, -0.2) is 14.8 Å². The molecule has 1 rings (SSSR count). The van der Waals surface area contributed by atoms with Crippen LogP contribution in [0.1, 0.15) is 34.3 Å². The zero-order valence-corrected chi connectivity index (χ0v) is 8.48. The van der Waals surface area contributed by atoms with Crippen LogP contribution in [0.4, 0.5) is 5.82 Å². The number of carbonyl (C=O) groups is 2. The molecule has 2 N–H and O–H groups in total. The molecular formula is C9H11N3O3. The first-order valence-electron chi connectivity index (χ1n) is 4.34. The van der Waals surface area contributed by atoms with Crippen LogP contribution in [0.5, 0.6) is 0 Å². The van der Waals surface area contributed by atoms with Crippen LogP contribution in [0.2, 0.25) is 0 Å². The van der Waals surface area contributed by atoms with E-state index in [4.69, 9.17) is 5.73 Å². The first-order valence-corrected chi connectivity index (χ1v) is 4.34. The van der Waals surface area contributed by atoms with Crippen molar-refractivity contribution in [1.29, 1.82) is 0 Å². The number of rotatable bonds is 3. The van der Waals surface area contributed by atoms with Gasteiger partial charge in [0.1, 0.15) is 5.69 Å². The molecule has 0 aromatic carbocycles. The number of methoxy groups -OCH3 is 1. The van der Waals surface area contributed by atoms with Crippen LogP contribution in [0.3, 0.4) is 0 Å². The lowest BCUT2D eigenvalue weighted by Gasteiger charge is -2.03. The van der Waals surface area contributed by atoms with E-state index in [0.29, 0.717) is 6.42 Å². The SMILES string of the molecule is CCC(=O)c1cnc(C(=O)OC)c(N)n1. The monoisotopic (exact) mass is 209 g/mol. The molecular weight excluding hydrogens is 198 g/mol. The first kappa shape index (κ1) is 11.1. The zero-order chi connectivity index (χ0) is 11.4. The van der Waals surface area contributed by atoms with Gasteiger partial charge in [-0.3, -0.25) is 4.79 Å². The van der Waals surface area contributed by atoms with Crippen molar-refractivity contribution in [3.63, 3.8) is 0 Å². The van der Waals surface area contributed by atoms with E-state index < -0.39 is 5.97 Å². The average Bonchev–Trinajstić information content (AvgIpc) is 2.26. The molecule has 6 heteroatoms. The number of nitrogens with two attached hydrogens (primary N) is 1. The van der Waals surface area contributed by atoms with Gasteiger partial charge in [-0.15, -0.1) is 0 Å². The van der Waals surface area contributed by atoms with E-state index in [1.165, 1.54) is 13.3 Å². The molecule has 0 aliphatic heterocycles. The van der Waals surface area contributed by atoms with Gasteiger partial charge in [-0.2, -0.15) is 0 Å². The maximum atomic E-state index is 11.2. The summed E-state index contributed by atoms with van der Waals surface area (Å²) < 4.78 is 4.44. The van der Waals surface area contributed by atoms with Gasteiger partial charge in [0.25, 0.3) is 0 Å². The largest absolute Gasteiger partial charge is 0.464 e. The fraction of sp³-hybridized carbons (Fsp3) is 0.333. The first-order chi connectivity index (χ1) is 7.10. The predicted molar refractivity (Wildman–Crippen MR) is 52.4 cm³/mol. The molecule has 0 spiro atoms. The molecule has 0 atom stereocenters. The van der Waals surface area contributed by atoms with Crippen molar-refractivity contribution in [3.8, 4) is 0 Å². The van der Waals surface area contributed by atoms with E-state index in [9.17, 15) is 9.59 Å². The smallest absolute Gasteiger partial charge is 0.360 e. The Morgan fingerprint density at radius 1 is 1.53 bits per heavy atom. The van der Waals surface area contributed by atoms with E-state index in [2.05, 4.69) is 14.7 Å². The van der Waals surface area contributed by atoms with Crippen LogP contribution in [0.25, 0.3) is 0 Å². The number of Topliss-reactive ketones (excluding diaryl/α,β-unsaturated/α-hetero) is 1. The number of anilines is 1. The molecule has 80 valence electrons. The third-order valence-corrected chi connectivity index (χ3v) is 1.79. The van der Waals surface area contributed by atoms with Crippen molar-refractivity contribution in [2.45, 2.75) is 13.3 Å². The van der Waals surface area contributed by atoms with Crippen molar-refractivity contribution in [2.24, 2.45) is 0 Å². The molecule has 1 aromatic rings. The highest BCUT2D eigenvalue weighted by Gasteiger charge is 2.15. The zero-order valence-electron chi connectivity index (χ0n) is 8.48. The van der Waals surface area contributed by atoms with Gasteiger partial charge in [0.2, 0.25) is 0 Å². The Bertz CT molecular complexity index is 404. The Hall–Kier alpha value is -1.98. The van der Waals surface area contributed by atoms with Crippen LogP contribution < -0.4 is 5.73 Å². The number of carbonyl (C=O) groups excluding carboxylic acids is 2. The second kappa shape index (κ2) is 4.50. The van der Waals surface area contributed by atoms with Gasteiger partial charge >= 0.3 is 5.97 Å². The molecule has 1 heterocycles. The maximum absolute atomic E-state index is 11.2. The van der Waals surface area contributed by atoms with Gasteiger partial charge < -0.3 is 10.5 Å². The summed E-state index contributed by atoms with van der Waals surface area (Å²) in [6.45, 7) is 1.70. The fourth-order valence-corrected chi connectivity index (χ4v) is 0.973. The van der Waals surface area contributed by atoms with Crippen LogP contribution in [-0.4, -0.2) is 28.8 Å². The molecule has 0 radical (unpaired) electrons. The van der Waals surface area contributed by atoms with Crippen LogP contribution in [0, 0.1) is 0 Å². The number of nitrogens with zero attached hydrogens (tertiary/aromatic N) is 2. The summed E-state index contributed by atoms with van der Waals surface area (Å²) in [5.74, 6) is -0.942. The second-order valence-corrected chi connectivity index (χ2v) is 2.76. The number of ether oxygens (including phenoxy) is 1. The van der Waals surface area contributed by atoms with Crippen LogP contribution >= 0.6 is 0 Å². The molecule has 15 heavy (non-hydrogen) atoms. The molecule has 0 amide bonds. The number of esters is 1. The number of aromatic nitrogens is 2. The summed E-state index contributed by atoms with van der Waals surface area (Å²) >= 11 is 0. The summed E-state index contributed by atoms with van der Waals surface area (Å²) in [5.41, 5.74) is 5.54. The fourth-order valence-electron chi connectivity index (χ4n) is 0.973. The molecule has 1 aromatic heterocycles. The Balaban J connectivity index is 3.08. The van der Waals surface area contributed by atoms with Crippen molar-refractivity contribution in [2.75, 3.05) is 12.8 Å². The van der Waals surface area contributed by atoms with E-state index in [1.807, 2.05) is 0 Å². The highest BCUT2D eigenvalue weighted by Crippen LogP contribution is 2.08. The molecule has 0 aliphatic carbocycles. The quantitative estimate of drug-likeness (QED) is 0.573. The van der Waals surface area contributed by atoms with Crippen LogP contribution in [-0.2, 0) is 4.74 Å². The highest BCUT2D eigenvalue weighted by atomic mass is 16.5. The summed E-state index contributed by atoms with van der Waals surface area (Å²) in [6.07, 6.45) is 1.53. The standard InChI is InChI=1S/C9H11N3O3/c1-3-6(13)5-4-11-7(8(10)12-5)9(14)15-2/h4H,3H2,1-2H3,(H2,10,12). The Labute approximate surface area is 86.5 Å². The number of ketones is 1. The third-order valence-electron chi connectivity index (χ3n) is 1.79. The third kappa shape index (κ3) is 2.28. The Morgan fingerprint density at radius 2 is 2.20 bits per heavy atom. The molecule has 6 nitrogen and oxygen atoms in total. The van der Waals surface area contributed by atoms with Gasteiger partial charge in [-0.1, -0.05) is 6.92 Å². The minimum absolute atomic E-state index is 0.0786. The summed E-state index contributed by atoms with van der Waals surface area (Å²) in [6, 6.07) is 0. The van der Waals surface area contributed by atoms with E-state index in [1.54, 1.807) is 6.92 Å². The lowest BCUT2D eigenvalue weighted by molar-refractivity contribution is 0.0594. The van der Waals surface area contributed by atoms with Crippen molar-refractivity contribution in [1.82, 2.24) is 9.97 Å². The lowest BCUT2D eigenvalue weighted by atomic mass is 10.2. The highest BCUT2D eigenvalue weighted by molar-refractivity contribution is 5.96. The maximum Gasteiger partial charge on any atom is 0.360 e. The second-order valence-electron chi connectivity index (χ2n) is 2.76. The normalized spacial score (nSPS) is 9.73. The van der Waals surface area contributed by atoms with Crippen molar-refractivity contribution in [3.05, 3.63) is 17.6 Å². The lowest BCUT2D eigenvalue weighted by Crippen LogP contribution is -2.13. The number of hydrogen-bond acceptors (Lipinski definition) is 6.